The van der Waals surface area contributed by atoms with Crippen LogP contribution in [0.15, 0.2) is 35.3 Å². The van der Waals surface area contributed by atoms with Crippen molar-refractivity contribution in [3.63, 3.8) is 0 Å². The molecule has 2 fully saturated rings. The van der Waals surface area contributed by atoms with E-state index in [4.69, 9.17) is 4.42 Å². The van der Waals surface area contributed by atoms with E-state index in [-0.39, 0.29) is 6.03 Å². The first-order chi connectivity index (χ1) is 11.7. The van der Waals surface area contributed by atoms with E-state index in [0.29, 0.717) is 25.0 Å². The smallest absolute Gasteiger partial charge is 0.318 e. The first kappa shape index (κ1) is 15.3. The molecule has 2 saturated carbocycles. The lowest BCUT2D eigenvalue weighted by Gasteiger charge is -2.22. The number of aromatic nitrogens is 2. The molecule has 0 spiro atoms. The van der Waals surface area contributed by atoms with Gasteiger partial charge in [-0.15, -0.1) is 0 Å². The van der Waals surface area contributed by atoms with Crippen molar-refractivity contribution in [2.45, 2.75) is 51.2 Å². The molecule has 2 aliphatic carbocycles. The molecule has 0 bridgehead atoms. The molecule has 2 aromatic heterocycles. The van der Waals surface area contributed by atoms with E-state index < -0.39 is 0 Å². The van der Waals surface area contributed by atoms with Crippen LogP contribution in [0.1, 0.15) is 43.6 Å². The molecule has 128 valence electrons. The van der Waals surface area contributed by atoms with Gasteiger partial charge in [0.05, 0.1) is 12.9 Å². The van der Waals surface area contributed by atoms with Gasteiger partial charge in [0.1, 0.15) is 11.5 Å². The van der Waals surface area contributed by atoms with Crippen molar-refractivity contribution in [1.82, 2.24) is 19.8 Å². The van der Waals surface area contributed by atoms with Crippen LogP contribution in [0.4, 0.5) is 4.79 Å². The van der Waals surface area contributed by atoms with Crippen molar-refractivity contribution >= 4 is 6.03 Å². The lowest BCUT2D eigenvalue weighted by atomic mass is 10.3. The number of urea groups is 1. The average Bonchev–Trinajstić information content (AvgIpc) is 3.43. The first-order valence-corrected chi connectivity index (χ1v) is 8.79. The lowest BCUT2D eigenvalue weighted by Crippen LogP contribution is -2.41. The Balaban J connectivity index is 1.32. The van der Waals surface area contributed by atoms with Crippen LogP contribution in [-0.4, -0.2) is 33.1 Å². The Hall–Kier alpha value is -2.24. The lowest BCUT2D eigenvalue weighted by molar-refractivity contribution is 0.186. The summed E-state index contributed by atoms with van der Waals surface area (Å²) in [4.78, 5) is 18.4. The fraction of sp³-hybridized carbons (Fsp3) is 0.556. The molecular weight excluding hydrogens is 304 g/mol. The van der Waals surface area contributed by atoms with Crippen molar-refractivity contribution in [2.24, 2.45) is 5.92 Å². The van der Waals surface area contributed by atoms with E-state index >= 15 is 0 Å². The number of nitrogens with one attached hydrogen (secondary N) is 1. The van der Waals surface area contributed by atoms with Gasteiger partial charge in [-0.25, -0.2) is 9.78 Å². The summed E-state index contributed by atoms with van der Waals surface area (Å²) in [5.41, 5.74) is 0. The third-order valence-corrected chi connectivity index (χ3v) is 4.94. The Morgan fingerprint density at radius 2 is 2.29 bits per heavy atom. The Labute approximate surface area is 141 Å². The third-order valence-electron chi connectivity index (χ3n) is 4.94. The van der Waals surface area contributed by atoms with E-state index in [0.717, 1.165) is 36.8 Å². The van der Waals surface area contributed by atoms with E-state index in [1.54, 1.807) is 12.5 Å². The number of furan rings is 1. The summed E-state index contributed by atoms with van der Waals surface area (Å²) in [6.45, 7) is 4.13. The molecule has 2 aliphatic rings. The van der Waals surface area contributed by atoms with Gasteiger partial charge in [-0.2, -0.15) is 0 Å². The van der Waals surface area contributed by atoms with Crippen LogP contribution in [0.25, 0.3) is 0 Å². The van der Waals surface area contributed by atoms with Gasteiger partial charge in [0.25, 0.3) is 0 Å². The van der Waals surface area contributed by atoms with Crippen LogP contribution in [0.3, 0.4) is 0 Å². The molecule has 4 rings (SSSR count). The zero-order valence-corrected chi connectivity index (χ0v) is 14.0. The van der Waals surface area contributed by atoms with Crippen molar-refractivity contribution in [1.29, 1.82) is 0 Å². The van der Waals surface area contributed by atoms with Gasteiger partial charge < -0.3 is 19.2 Å². The Bertz CT molecular complexity index is 690. The number of imidazole rings is 1. The molecule has 0 aliphatic heterocycles. The molecule has 2 amide bonds. The number of hydrogen-bond acceptors (Lipinski definition) is 3. The number of hydrogen-bond donors (Lipinski definition) is 1. The van der Waals surface area contributed by atoms with Crippen molar-refractivity contribution in [3.8, 4) is 0 Å². The van der Waals surface area contributed by atoms with Crippen molar-refractivity contribution < 1.29 is 9.21 Å². The molecule has 0 saturated heterocycles. The van der Waals surface area contributed by atoms with Crippen molar-refractivity contribution in [2.75, 3.05) is 6.54 Å². The minimum absolute atomic E-state index is 0.00430. The van der Waals surface area contributed by atoms with Crippen LogP contribution < -0.4 is 5.32 Å². The zero-order chi connectivity index (χ0) is 16.5. The van der Waals surface area contributed by atoms with E-state index in [1.165, 1.54) is 6.42 Å². The molecule has 6 heteroatoms. The maximum Gasteiger partial charge on any atom is 0.318 e. The molecule has 2 atom stereocenters. The van der Waals surface area contributed by atoms with E-state index in [2.05, 4.69) is 23.3 Å². The zero-order valence-electron chi connectivity index (χ0n) is 14.0. The van der Waals surface area contributed by atoms with Gasteiger partial charge in [-0.05, 0) is 37.3 Å². The summed E-state index contributed by atoms with van der Waals surface area (Å²) in [5, 5.41) is 3.01. The SMILES string of the molecule is C[C@@H]1C[C@H]1c1ccc(CN(C(=O)NCCn2ccnc2)C2CC2)o1. The fourth-order valence-electron chi connectivity index (χ4n) is 3.13. The predicted molar refractivity (Wildman–Crippen MR) is 89.4 cm³/mol. The molecule has 0 unspecified atom stereocenters. The molecule has 2 aromatic rings. The second-order valence-corrected chi connectivity index (χ2v) is 7.02. The predicted octanol–water partition coefficient (Wildman–Crippen LogP) is 2.97. The standard InChI is InChI=1S/C18H24N4O2/c1-13-10-16(13)17-5-4-15(24-17)11-22(14-2-3-14)18(23)20-7-9-21-8-6-19-12-21/h4-6,8,12-14,16H,2-3,7,9-11H2,1H3,(H,20,23)/t13-,16-/m1/s1. The average molecular weight is 328 g/mol. The van der Waals surface area contributed by atoms with Crippen LogP contribution in [0, 0.1) is 5.92 Å². The molecular formula is C18H24N4O2. The monoisotopic (exact) mass is 328 g/mol. The molecule has 2 heterocycles. The van der Waals surface area contributed by atoms with Gasteiger partial charge in [-0.1, -0.05) is 6.92 Å². The number of nitrogens with zero attached hydrogens (tertiary/aromatic N) is 3. The van der Waals surface area contributed by atoms with Crippen LogP contribution in [0.2, 0.25) is 0 Å². The summed E-state index contributed by atoms with van der Waals surface area (Å²) in [6, 6.07) is 4.45. The Kier molecular flexibility index (Phi) is 4.04. The topological polar surface area (TPSA) is 63.3 Å². The van der Waals surface area contributed by atoms with Gasteiger partial charge in [0, 0.05) is 37.4 Å². The minimum Gasteiger partial charge on any atom is -0.464 e. The second-order valence-electron chi connectivity index (χ2n) is 7.02. The summed E-state index contributed by atoms with van der Waals surface area (Å²) in [7, 11) is 0. The number of carbonyl (C=O) groups is 1. The molecule has 6 nitrogen and oxygen atoms in total. The number of carbonyl (C=O) groups excluding carboxylic acids is 1. The maximum absolute atomic E-state index is 12.5. The largest absolute Gasteiger partial charge is 0.464 e. The highest BCUT2D eigenvalue weighted by Gasteiger charge is 2.37. The molecule has 0 aromatic carbocycles. The summed E-state index contributed by atoms with van der Waals surface area (Å²) in [6.07, 6.45) is 8.79. The normalized spacial score (nSPS) is 22.4. The van der Waals surface area contributed by atoms with Gasteiger partial charge in [0.15, 0.2) is 0 Å². The number of rotatable bonds is 7. The highest BCUT2D eigenvalue weighted by molar-refractivity contribution is 5.74. The van der Waals surface area contributed by atoms with Crippen LogP contribution in [-0.2, 0) is 13.1 Å². The van der Waals surface area contributed by atoms with Gasteiger partial charge >= 0.3 is 6.03 Å². The fourth-order valence-corrected chi connectivity index (χ4v) is 3.13. The third kappa shape index (κ3) is 3.47. The Morgan fingerprint density at radius 3 is 2.96 bits per heavy atom. The molecule has 1 N–H and O–H groups in total. The van der Waals surface area contributed by atoms with Gasteiger partial charge in [0.2, 0.25) is 0 Å². The summed E-state index contributed by atoms with van der Waals surface area (Å²) >= 11 is 0. The summed E-state index contributed by atoms with van der Waals surface area (Å²) < 4.78 is 7.92. The van der Waals surface area contributed by atoms with Gasteiger partial charge in [-0.3, -0.25) is 0 Å². The molecule has 0 radical (unpaired) electrons. The second kappa shape index (κ2) is 6.34. The summed E-state index contributed by atoms with van der Waals surface area (Å²) in [5.74, 6) is 3.28. The Morgan fingerprint density at radius 1 is 1.46 bits per heavy atom. The molecule has 24 heavy (non-hydrogen) atoms. The van der Waals surface area contributed by atoms with E-state index in [1.807, 2.05) is 21.7 Å². The van der Waals surface area contributed by atoms with Crippen LogP contribution in [0.5, 0.6) is 0 Å². The maximum atomic E-state index is 12.5. The highest BCUT2D eigenvalue weighted by atomic mass is 16.3. The van der Waals surface area contributed by atoms with Crippen LogP contribution >= 0.6 is 0 Å². The minimum atomic E-state index is -0.00430. The highest BCUT2D eigenvalue weighted by Crippen LogP contribution is 2.47. The van der Waals surface area contributed by atoms with E-state index in [9.17, 15) is 4.79 Å². The van der Waals surface area contributed by atoms with Crippen molar-refractivity contribution in [3.05, 3.63) is 42.4 Å². The quantitative estimate of drug-likeness (QED) is 0.850. The number of amides is 2. The first-order valence-electron chi connectivity index (χ1n) is 8.79.